The Labute approximate surface area is 184 Å². The lowest BCUT2D eigenvalue weighted by molar-refractivity contribution is -0.145. The first kappa shape index (κ1) is 22.2. The number of halogens is 3. The maximum atomic E-state index is 13.2. The lowest BCUT2D eigenvalue weighted by atomic mass is 9.90. The van der Waals surface area contributed by atoms with Crippen molar-refractivity contribution in [3.8, 4) is 0 Å². The summed E-state index contributed by atoms with van der Waals surface area (Å²) in [6.45, 7) is 1.54. The molecule has 1 aliphatic rings. The van der Waals surface area contributed by atoms with E-state index in [0.717, 1.165) is 29.7 Å². The van der Waals surface area contributed by atoms with Gasteiger partial charge < -0.3 is 10.0 Å². The van der Waals surface area contributed by atoms with Gasteiger partial charge >= 0.3 is 6.18 Å². The molecule has 1 aliphatic heterocycles. The highest BCUT2D eigenvalue weighted by Gasteiger charge is 2.37. The Kier molecular flexibility index (Phi) is 5.83. The van der Waals surface area contributed by atoms with Crippen molar-refractivity contribution in [2.24, 2.45) is 7.05 Å². The van der Waals surface area contributed by atoms with Crippen LogP contribution in [0.2, 0.25) is 0 Å². The molecule has 0 radical (unpaired) electrons. The van der Waals surface area contributed by atoms with Crippen LogP contribution >= 0.6 is 23.1 Å². The molecule has 4 rings (SSSR count). The van der Waals surface area contributed by atoms with Crippen LogP contribution in [-0.4, -0.2) is 61.4 Å². The Bertz CT molecular complexity index is 1120. The number of carbonyl (C=O) groups excluding carboxylic acids is 1. The van der Waals surface area contributed by atoms with Crippen LogP contribution in [0.5, 0.6) is 0 Å². The van der Waals surface area contributed by atoms with Crippen LogP contribution in [0, 0.1) is 0 Å². The molecule has 31 heavy (non-hydrogen) atoms. The number of rotatable bonds is 5. The summed E-state index contributed by atoms with van der Waals surface area (Å²) in [5.41, 5.74) is -0.890. The summed E-state index contributed by atoms with van der Waals surface area (Å²) in [6.07, 6.45) is -2.13. The number of hydrogen-bond donors (Lipinski definition) is 1. The minimum absolute atomic E-state index is 0.0557. The Hall–Kier alpha value is -2.02. The van der Waals surface area contributed by atoms with Crippen LogP contribution in [0.3, 0.4) is 0 Å². The quantitative estimate of drug-likeness (QED) is 0.347. The standard InChI is InChI=1S/C19H20F3N5O2S2/c1-26-7-5-18(29,6-8-26)14-4-3-13(31-14)12(28)10-30-16-11-9-23-27(2)15(11)24-17(25-16)19(20,21)22/h3-4,9,29H,5-8,10H2,1-2H3. The number of Topliss-reactive ketones (excluding diaryl/α,β-unsaturated/α-hetero) is 1. The molecule has 4 heterocycles. The summed E-state index contributed by atoms with van der Waals surface area (Å²) < 4.78 is 40.8. The zero-order valence-corrected chi connectivity index (χ0v) is 18.4. The van der Waals surface area contributed by atoms with E-state index in [4.69, 9.17) is 0 Å². The molecule has 0 aromatic carbocycles. The van der Waals surface area contributed by atoms with Gasteiger partial charge in [0.15, 0.2) is 11.4 Å². The van der Waals surface area contributed by atoms with Gasteiger partial charge in [-0.1, -0.05) is 11.8 Å². The summed E-state index contributed by atoms with van der Waals surface area (Å²) in [5, 5.41) is 15.3. The molecular formula is C19H20F3N5O2S2. The number of carbonyl (C=O) groups is 1. The van der Waals surface area contributed by atoms with E-state index in [1.165, 1.54) is 29.3 Å². The number of hydrogen-bond acceptors (Lipinski definition) is 8. The van der Waals surface area contributed by atoms with E-state index in [1.54, 1.807) is 12.1 Å². The summed E-state index contributed by atoms with van der Waals surface area (Å²) in [7, 11) is 3.49. The number of aryl methyl sites for hydroxylation is 1. The molecule has 0 amide bonds. The molecule has 0 bridgehead atoms. The smallest absolute Gasteiger partial charge is 0.384 e. The highest BCUT2D eigenvalue weighted by Crippen LogP contribution is 2.37. The van der Waals surface area contributed by atoms with Gasteiger partial charge in [0.05, 0.1) is 22.2 Å². The molecule has 0 saturated carbocycles. The fraction of sp³-hybridized carbons (Fsp3) is 0.474. The topological polar surface area (TPSA) is 84.1 Å². The second kappa shape index (κ2) is 8.15. The molecule has 3 aromatic rings. The fourth-order valence-corrected chi connectivity index (χ4v) is 5.47. The number of thioether (sulfide) groups is 1. The van der Waals surface area contributed by atoms with Gasteiger partial charge in [0.25, 0.3) is 0 Å². The number of likely N-dealkylation sites (tertiary alicyclic amines) is 1. The first-order valence-corrected chi connectivity index (χ1v) is 11.3. The minimum Gasteiger partial charge on any atom is -0.384 e. The Morgan fingerprint density at radius 1 is 1.26 bits per heavy atom. The molecule has 1 saturated heterocycles. The number of alkyl halides is 3. The van der Waals surface area contributed by atoms with Gasteiger partial charge in [0.2, 0.25) is 5.82 Å². The van der Waals surface area contributed by atoms with Crippen LogP contribution in [0.15, 0.2) is 23.4 Å². The summed E-state index contributed by atoms with van der Waals surface area (Å²) >= 11 is 2.16. The molecule has 0 atom stereocenters. The second-order valence-electron chi connectivity index (χ2n) is 7.57. The summed E-state index contributed by atoms with van der Waals surface area (Å²) in [6, 6.07) is 3.43. The van der Waals surface area contributed by atoms with E-state index in [2.05, 4.69) is 20.0 Å². The molecule has 0 spiro atoms. The molecule has 0 unspecified atom stereocenters. The number of nitrogens with zero attached hydrogens (tertiary/aromatic N) is 5. The molecule has 0 aliphatic carbocycles. The van der Waals surface area contributed by atoms with E-state index in [0.29, 0.717) is 23.1 Å². The molecule has 1 N–H and O–H groups in total. The van der Waals surface area contributed by atoms with Gasteiger partial charge in [-0.05, 0) is 32.0 Å². The van der Waals surface area contributed by atoms with Crippen LogP contribution < -0.4 is 0 Å². The minimum atomic E-state index is -4.70. The molecule has 1 fully saturated rings. The molecule has 12 heteroatoms. The maximum absolute atomic E-state index is 13.2. The molecular weight excluding hydrogens is 451 g/mol. The van der Waals surface area contributed by atoms with Crippen molar-refractivity contribution >= 4 is 39.9 Å². The second-order valence-corrected chi connectivity index (χ2v) is 9.61. The first-order chi connectivity index (χ1) is 14.6. The summed E-state index contributed by atoms with van der Waals surface area (Å²) in [4.78, 5) is 23.2. The Balaban J connectivity index is 1.52. The van der Waals surface area contributed by atoms with Crippen molar-refractivity contribution in [3.05, 3.63) is 33.9 Å². The normalized spacial score (nSPS) is 17.4. The van der Waals surface area contributed by atoms with Crippen molar-refractivity contribution < 1.29 is 23.1 Å². The lowest BCUT2D eigenvalue weighted by Gasteiger charge is -2.35. The molecule has 166 valence electrons. The lowest BCUT2D eigenvalue weighted by Crippen LogP contribution is -2.40. The Morgan fingerprint density at radius 3 is 2.65 bits per heavy atom. The maximum Gasteiger partial charge on any atom is 0.451 e. The number of fused-ring (bicyclic) bond motifs is 1. The SMILES string of the molecule is CN1CCC(O)(c2ccc(C(=O)CSc3nc(C(F)(F)F)nc4c3cnn4C)s2)CC1. The van der Waals surface area contributed by atoms with Gasteiger partial charge in [-0.15, -0.1) is 11.3 Å². The highest BCUT2D eigenvalue weighted by molar-refractivity contribution is 8.00. The zero-order valence-electron chi connectivity index (χ0n) is 16.8. The van der Waals surface area contributed by atoms with E-state index in [9.17, 15) is 23.1 Å². The van der Waals surface area contributed by atoms with E-state index in [1.807, 2.05) is 7.05 Å². The van der Waals surface area contributed by atoms with E-state index < -0.39 is 17.6 Å². The van der Waals surface area contributed by atoms with Gasteiger partial charge in [-0.2, -0.15) is 18.3 Å². The Morgan fingerprint density at radius 2 is 1.97 bits per heavy atom. The number of piperidine rings is 1. The highest BCUT2D eigenvalue weighted by atomic mass is 32.2. The van der Waals surface area contributed by atoms with Crippen molar-refractivity contribution in [3.63, 3.8) is 0 Å². The monoisotopic (exact) mass is 471 g/mol. The van der Waals surface area contributed by atoms with Gasteiger partial charge in [0.1, 0.15) is 10.6 Å². The van der Waals surface area contributed by atoms with E-state index in [-0.39, 0.29) is 22.2 Å². The van der Waals surface area contributed by atoms with Crippen molar-refractivity contribution in [2.75, 3.05) is 25.9 Å². The van der Waals surface area contributed by atoms with Gasteiger partial charge in [-0.3, -0.25) is 9.48 Å². The third-order valence-electron chi connectivity index (χ3n) is 5.30. The first-order valence-electron chi connectivity index (χ1n) is 9.51. The number of thiophene rings is 1. The molecule has 3 aromatic heterocycles. The number of aliphatic hydroxyl groups is 1. The van der Waals surface area contributed by atoms with Crippen LogP contribution in [0.1, 0.15) is 33.2 Å². The third-order valence-corrected chi connectivity index (χ3v) is 7.62. The average Bonchev–Trinajstić information content (AvgIpc) is 3.36. The van der Waals surface area contributed by atoms with Gasteiger partial charge in [0, 0.05) is 25.0 Å². The molecule has 7 nitrogen and oxygen atoms in total. The zero-order chi connectivity index (χ0) is 22.4. The van der Waals surface area contributed by atoms with E-state index >= 15 is 0 Å². The van der Waals surface area contributed by atoms with Gasteiger partial charge in [-0.25, -0.2) is 9.97 Å². The fourth-order valence-electron chi connectivity index (χ4n) is 3.41. The van der Waals surface area contributed by atoms with Crippen LogP contribution in [-0.2, 0) is 18.8 Å². The van der Waals surface area contributed by atoms with Crippen LogP contribution in [0.4, 0.5) is 13.2 Å². The predicted molar refractivity (Wildman–Crippen MR) is 111 cm³/mol. The van der Waals surface area contributed by atoms with Crippen molar-refractivity contribution in [1.82, 2.24) is 24.6 Å². The van der Waals surface area contributed by atoms with Crippen LogP contribution in [0.25, 0.3) is 11.0 Å². The number of ketones is 1. The number of aromatic nitrogens is 4. The van der Waals surface area contributed by atoms with Crippen molar-refractivity contribution in [2.45, 2.75) is 29.6 Å². The van der Waals surface area contributed by atoms with Crippen molar-refractivity contribution in [1.29, 1.82) is 0 Å². The average molecular weight is 472 g/mol. The largest absolute Gasteiger partial charge is 0.451 e. The summed E-state index contributed by atoms with van der Waals surface area (Å²) in [5.74, 6) is -1.58. The third kappa shape index (κ3) is 4.47. The predicted octanol–water partition coefficient (Wildman–Crippen LogP) is 3.33.